The van der Waals surface area contributed by atoms with Gasteiger partial charge >= 0.3 is 12.1 Å². The molecule has 0 aliphatic carbocycles. The highest BCUT2D eigenvalue weighted by Crippen LogP contribution is 2.13. The van der Waals surface area contributed by atoms with E-state index in [2.05, 4.69) is 4.98 Å². The fourth-order valence-electron chi connectivity index (χ4n) is 0.765. The summed E-state index contributed by atoms with van der Waals surface area (Å²) in [5.74, 6) is -1.91. The van der Waals surface area contributed by atoms with Gasteiger partial charge in [-0.05, 0) is 0 Å². The number of thiazole rings is 1. The number of nitrogens with one attached hydrogen (secondary N) is 1. The summed E-state index contributed by atoms with van der Waals surface area (Å²) in [7, 11) is 0. The summed E-state index contributed by atoms with van der Waals surface area (Å²) in [6, 6.07) is 0. The topological polar surface area (TPSA) is 42.0 Å². The average Bonchev–Trinajstić information content (AvgIpc) is 2.55. The zero-order valence-corrected chi connectivity index (χ0v) is 7.78. The second-order valence-corrected chi connectivity index (χ2v) is 3.20. The highest BCUT2D eigenvalue weighted by atomic mass is 32.1. The van der Waals surface area contributed by atoms with Crippen LogP contribution in [0.15, 0.2) is 10.9 Å². The minimum Gasteiger partial charge on any atom is -0.348 e. The number of halogens is 3. The third-order valence-electron chi connectivity index (χ3n) is 1.41. The highest BCUT2D eigenvalue weighted by molar-refractivity contribution is 7.07. The van der Waals surface area contributed by atoms with Crippen LogP contribution in [0, 0.1) is 0 Å². The van der Waals surface area contributed by atoms with Crippen molar-refractivity contribution < 1.29 is 18.0 Å². The third kappa shape index (κ3) is 3.33. The summed E-state index contributed by atoms with van der Waals surface area (Å²) in [6.45, 7) is -0.0535. The minimum atomic E-state index is -4.80. The number of carbonyl (C=O) groups excluding carboxylic acids is 1. The van der Waals surface area contributed by atoms with Crippen LogP contribution in [0.5, 0.6) is 0 Å². The molecule has 1 amide bonds. The standard InChI is InChI=1S/C7H7F3N2OS/c8-7(9,10)6(13)11-2-1-5-3-14-4-12-5/h3-4H,1-2H2,(H,11,13). The lowest BCUT2D eigenvalue weighted by Crippen LogP contribution is -2.37. The highest BCUT2D eigenvalue weighted by Gasteiger charge is 2.38. The van der Waals surface area contributed by atoms with Crippen LogP contribution >= 0.6 is 11.3 Å². The van der Waals surface area contributed by atoms with Gasteiger partial charge in [-0.3, -0.25) is 4.79 Å². The van der Waals surface area contributed by atoms with Gasteiger partial charge in [0.15, 0.2) is 0 Å². The van der Waals surface area contributed by atoms with Gasteiger partial charge < -0.3 is 5.32 Å². The minimum absolute atomic E-state index is 0.0535. The molecule has 3 nitrogen and oxygen atoms in total. The lowest BCUT2D eigenvalue weighted by Gasteiger charge is -2.06. The Morgan fingerprint density at radius 2 is 2.29 bits per heavy atom. The van der Waals surface area contributed by atoms with Crippen molar-refractivity contribution in [3.63, 3.8) is 0 Å². The molecule has 0 atom stereocenters. The van der Waals surface area contributed by atoms with Crippen LogP contribution in [0.1, 0.15) is 5.69 Å². The molecule has 0 unspecified atom stereocenters. The first kappa shape index (κ1) is 11.0. The van der Waals surface area contributed by atoms with Crippen LogP contribution in [0.4, 0.5) is 13.2 Å². The SMILES string of the molecule is O=C(NCCc1cscn1)C(F)(F)F. The van der Waals surface area contributed by atoms with Crippen molar-refractivity contribution >= 4 is 17.2 Å². The Balaban J connectivity index is 2.26. The number of amides is 1. The molecule has 1 aromatic rings. The number of hydrogen-bond donors (Lipinski definition) is 1. The summed E-state index contributed by atoms with van der Waals surface area (Å²) < 4.78 is 35.1. The number of carbonyl (C=O) groups is 1. The van der Waals surface area contributed by atoms with Crippen LogP contribution in [-0.4, -0.2) is 23.6 Å². The summed E-state index contributed by atoms with van der Waals surface area (Å²) >= 11 is 1.36. The quantitative estimate of drug-likeness (QED) is 0.842. The smallest absolute Gasteiger partial charge is 0.348 e. The Morgan fingerprint density at radius 3 is 2.79 bits per heavy atom. The molecule has 1 N–H and O–H groups in total. The number of hydrogen-bond acceptors (Lipinski definition) is 3. The zero-order chi connectivity index (χ0) is 10.6. The summed E-state index contributed by atoms with van der Waals surface area (Å²) in [6.07, 6.45) is -4.49. The number of rotatable bonds is 3. The van der Waals surface area contributed by atoms with E-state index in [-0.39, 0.29) is 6.54 Å². The van der Waals surface area contributed by atoms with Gasteiger partial charge in [-0.2, -0.15) is 13.2 Å². The molecule has 0 saturated carbocycles. The van der Waals surface area contributed by atoms with Gasteiger partial charge in [0, 0.05) is 18.3 Å². The van der Waals surface area contributed by atoms with Gasteiger partial charge in [0.1, 0.15) is 0 Å². The summed E-state index contributed by atoms with van der Waals surface area (Å²) in [5, 5.41) is 3.48. The molecule has 0 fully saturated rings. The van der Waals surface area contributed by atoms with E-state index in [1.165, 1.54) is 11.3 Å². The van der Waals surface area contributed by atoms with Gasteiger partial charge in [0.25, 0.3) is 0 Å². The summed E-state index contributed by atoms with van der Waals surface area (Å²) in [4.78, 5) is 14.2. The maximum atomic E-state index is 11.7. The van der Waals surface area contributed by atoms with Crippen LogP contribution < -0.4 is 5.32 Å². The molecule has 0 radical (unpaired) electrons. The first-order valence-electron chi connectivity index (χ1n) is 3.72. The van der Waals surface area contributed by atoms with Gasteiger partial charge in [-0.1, -0.05) is 0 Å². The van der Waals surface area contributed by atoms with E-state index in [4.69, 9.17) is 0 Å². The Morgan fingerprint density at radius 1 is 1.57 bits per heavy atom. The first-order chi connectivity index (χ1) is 6.50. The number of aromatic nitrogens is 1. The lowest BCUT2D eigenvalue weighted by atomic mass is 10.3. The maximum absolute atomic E-state index is 11.7. The van der Waals surface area contributed by atoms with Gasteiger partial charge in [0.05, 0.1) is 11.2 Å². The Labute approximate surface area is 82.0 Å². The third-order valence-corrected chi connectivity index (χ3v) is 2.04. The fraction of sp³-hybridized carbons (Fsp3) is 0.429. The van der Waals surface area contributed by atoms with Crippen molar-refractivity contribution in [2.75, 3.05) is 6.54 Å². The van der Waals surface area contributed by atoms with Gasteiger partial charge in [0.2, 0.25) is 0 Å². The predicted octanol–water partition coefficient (Wildman–Crippen LogP) is 1.36. The van der Waals surface area contributed by atoms with Gasteiger partial charge in [-0.25, -0.2) is 4.98 Å². The number of nitrogens with zero attached hydrogens (tertiary/aromatic N) is 1. The van der Waals surface area contributed by atoms with Crippen LogP contribution in [-0.2, 0) is 11.2 Å². The van der Waals surface area contributed by atoms with Crippen molar-refractivity contribution in [1.82, 2.24) is 10.3 Å². The molecule has 0 aliphatic heterocycles. The summed E-state index contributed by atoms with van der Waals surface area (Å²) in [5.41, 5.74) is 2.26. The van der Waals surface area contributed by atoms with Crippen molar-refractivity contribution in [2.24, 2.45) is 0 Å². The van der Waals surface area contributed by atoms with E-state index in [0.717, 1.165) is 0 Å². The predicted molar refractivity (Wildman–Crippen MR) is 44.9 cm³/mol. The second-order valence-electron chi connectivity index (χ2n) is 2.48. The molecule has 0 spiro atoms. The molecule has 1 heterocycles. The molecule has 0 aliphatic rings. The molecule has 0 saturated heterocycles. The van der Waals surface area contributed by atoms with Crippen LogP contribution in [0.25, 0.3) is 0 Å². The Kier molecular flexibility index (Phi) is 3.45. The zero-order valence-electron chi connectivity index (χ0n) is 6.97. The fourth-order valence-corrected chi connectivity index (χ4v) is 1.36. The molecular formula is C7H7F3N2OS. The average molecular weight is 224 g/mol. The molecule has 1 rings (SSSR count). The van der Waals surface area contributed by atoms with Crippen LogP contribution in [0.2, 0.25) is 0 Å². The molecule has 0 aromatic carbocycles. The molecule has 1 aromatic heterocycles. The largest absolute Gasteiger partial charge is 0.471 e. The van der Waals surface area contributed by atoms with Crippen molar-refractivity contribution in [3.05, 3.63) is 16.6 Å². The van der Waals surface area contributed by atoms with Crippen molar-refractivity contribution in [3.8, 4) is 0 Å². The normalized spacial score (nSPS) is 11.4. The lowest BCUT2D eigenvalue weighted by molar-refractivity contribution is -0.173. The van der Waals surface area contributed by atoms with Gasteiger partial charge in [-0.15, -0.1) is 11.3 Å². The van der Waals surface area contributed by atoms with E-state index < -0.39 is 12.1 Å². The second kappa shape index (κ2) is 4.41. The Bertz CT molecular complexity index is 296. The number of alkyl halides is 3. The van der Waals surface area contributed by atoms with Crippen LogP contribution in [0.3, 0.4) is 0 Å². The molecule has 78 valence electrons. The van der Waals surface area contributed by atoms with E-state index in [0.29, 0.717) is 12.1 Å². The van der Waals surface area contributed by atoms with E-state index in [1.807, 2.05) is 0 Å². The molecular weight excluding hydrogens is 217 g/mol. The van der Waals surface area contributed by atoms with Crippen molar-refractivity contribution in [2.45, 2.75) is 12.6 Å². The molecule has 14 heavy (non-hydrogen) atoms. The monoisotopic (exact) mass is 224 g/mol. The van der Waals surface area contributed by atoms with Crippen molar-refractivity contribution in [1.29, 1.82) is 0 Å². The maximum Gasteiger partial charge on any atom is 0.471 e. The first-order valence-corrected chi connectivity index (χ1v) is 4.66. The molecule has 7 heteroatoms. The Hall–Kier alpha value is -1.11. The van der Waals surface area contributed by atoms with E-state index in [9.17, 15) is 18.0 Å². The molecule has 0 bridgehead atoms. The van der Waals surface area contributed by atoms with E-state index in [1.54, 1.807) is 16.2 Å². The van der Waals surface area contributed by atoms with E-state index >= 15 is 0 Å².